The predicted molar refractivity (Wildman–Crippen MR) is 46.6 cm³/mol. The zero-order chi connectivity index (χ0) is 7.68. The van der Waals surface area contributed by atoms with Gasteiger partial charge in [0, 0.05) is 12.6 Å². The van der Waals surface area contributed by atoms with Gasteiger partial charge in [-0.25, -0.2) is 0 Å². The molecular formula is C9H18N2. The van der Waals surface area contributed by atoms with Gasteiger partial charge in [0.2, 0.25) is 0 Å². The third-order valence-corrected chi connectivity index (χ3v) is 3.24. The van der Waals surface area contributed by atoms with E-state index in [-0.39, 0.29) is 0 Å². The van der Waals surface area contributed by atoms with Crippen molar-refractivity contribution in [3.63, 3.8) is 0 Å². The molecule has 0 aromatic heterocycles. The standard InChI is InChI=1S/C9H18N2/c1-11-6-4-8-3-2-5-10-7-9(8)11/h8-10H,2-7H2,1H3/t8-,9+/m0/s1. The molecule has 2 heteroatoms. The van der Waals surface area contributed by atoms with Gasteiger partial charge in [0.1, 0.15) is 0 Å². The number of likely N-dealkylation sites (tertiary alicyclic amines) is 1. The minimum absolute atomic E-state index is 0.845. The van der Waals surface area contributed by atoms with E-state index in [1.807, 2.05) is 0 Å². The molecule has 2 atom stereocenters. The third-order valence-electron chi connectivity index (χ3n) is 3.24. The Morgan fingerprint density at radius 2 is 2.27 bits per heavy atom. The van der Waals surface area contributed by atoms with Crippen molar-refractivity contribution in [3.05, 3.63) is 0 Å². The summed E-state index contributed by atoms with van der Waals surface area (Å²) in [5.74, 6) is 0.995. The van der Waals surface area contributed by atoms with E-state index in [1.165, 1.54) is 38.9 Å². The Morgan fingerprint density at radius 3 is 3.18 bits per heavy atom. The smallest absolute Gasteiger partial charge is 0.0246 e. The van der Waals surface area contributed by atoms with Gasteiger partial charge in [0.15, 0.2) is 0 Å². The average molecular weight is 154 g/mol. The first-order valence-corrected chi connectivity index (χ1v) is 4.79. The van der Waals surface area contributed by atoms with Gasteiger partial charge in [0.25, 0.3) is 0 Å². The van der Waals surface area contributed by atoms with E-state index >= 15 is 0 Å². The highest BCUT2D eigenvalue weighted by Gasteiger charge is 2.31. The number of nitrogens with one attached hydrogen (secondary N) is 1. The van der Waals surface area contributed by atoms with Crippen molar-refractivity contribution in [2.45, 2.75) is 25.3 Å². The highest BCUT2D eigenvalue weighted by Crippen LogP contribution is 2.27. The lowest BCUT2D eigenvalue weighted by Crippen LogP contribution is -2.37. The van der Waals surface area contributed by atoms with Crippen molar-refractivity contribution in [2.75, 3.05) is 26.7 Å². The number of likely N-dealkylation sites (N-methyl/N-ethyl adjacent to an activating group) is 1. The van der Waals surface area contributed by atoms with Crippen LogP contribution in [0.3, 0.4) is 0 Å². The van der Waals surface area contributed by atoms with E-state index in [0.717, 1.165) is 12.0 Å². The van der Waals surface area contributed by atoms with Crippen molar-refractivity contribution < 1.29 is 0 Å². The Morgan fingerprint density at radius 1 is 1.36 bits per heavy atom. The molecule has 2 heterocycles. The first-order valence-electron chi connectivity index (χ1n) is 4.79. The van der Waals surface area contributed by atoms with Crippen molar-refractivity contribution in [1.82, 2.24) is 10.2 Å². The maximum Gasteiger partial charge on any atom is 0.0246 e. The molecule has 0 saturated carbocycles. The minimum atomic E-state index is 0.845. The molecule has 2 fully saturated rings. The summed E-state index contributed by atoms with van der Waals surface area (Å²) in [6.45, 7) is 3.78. The first-order chi connectivity index (χ1) is 5.38. The van der Waals surface area contributed by atoms with Crippen molar-refractivity contribution >= 4 is 0 Å². The Bertz CT molecular complexity index is 136. The lowest BCUT2D eigenvalue weighted by molar-refractivity contribution is 0.271. The summed E-state index contributed by atoms with van der Waals surface area (Å²) < 4.78 is 0. The molecule has 2 aliphatic rings. The van der Waals surface area contributed by atoms with Crippen molar-refractivity contribution in [3.8, 4) is 0 Å². The van der Waals surface area contributed by atoms with E-state index in [9.17, 15) is 0 Å². The molecule has 64 valence electrons. The topological polar surface area (TPSA) is 15.3 Å². The fourth-order valence-electron chi connectivity index (χ4n) is 2.49. The second-order valence-corrected chi connectivity index (χ2v) is 3.94. The summed E-state index contributed by atoms with van der Waals surface area (Å²) in [5, 5.41) is 3.51. The van der Waals surface area contributed by atoms with E-state index in [4.69, 9.17) is 0 Å². The minimum Gasteiger partial charge on any atom is -0.315 e. The molecule has 1 N–H and O–H groups in total. The molecule has 0 aliphatic carbocycles. The van der Waals surface area contributed by atoms with Crippen LogP contribution in [-0.2, 0) is 0 Å². The van der Waals surface area contributed by atoms with Gasteiger partial charge in [-0.1, -0.05) is 0 Å². The number of hydrogen-bond acceptors (Lipinski definition) is 2. The molecule has 0 unspecified atom stereocenters. The van der Waals surface area contributed by atoms with Crippen LogP contribution in [0.5, 0.6) is 0 Å². The molecule has 0 amide bonds. The fourth-order valence-corrected chi connectivity index (χ4v) is 2.49. The second kappa shape index (κ2) is 3.11. The third kappa shape index (κ3) is 1.42. The van der Waals surface area contributed by atoms with Crippen LogP contribution in [0.4, 0.5) is 0 Å². The van der Waals surface area contributed by atoms with Crippen LogP contribution in [0, 0.1) is 5.92 Å². The molecule has 0 bridgehead atoms. The number of fused-ring (bicyclic) bond motifs is 1. The zero-order valence-corrected chi connectivity index (χ0v) is 7.34. The summed E-state index contributed by atoms with van der Waals surface area (Å²) >= 11 is 0. The van der Waals surface area contributed by atoms with Crippen LogP contribution in [0.25, 0.3) is 0 Å². The summed E-state index contributed by atoms with van der Waals surface area (Å²) in [6, 6.07) is 0.845. The Balaban J connectivity index is 2.00. The van der Waals surface area contributed by atoms with E-state index in [1.54, 1.807) is 0 Å². The Hall–Kier alpha value is -0.0800. The van der Waals surface area contributed by atoms with Crippen LogP contribution in [0.2, 0.25) is 0 Å². The van der Waals surface area contributed by atoms with E-state index in [0.29, 0.717) is 0 Å². The van der Waals surface area contributed by atoms with Gasteiger partial charge in [-0.2, -0.15) is 0 Å². The van der Waals surface area contributed by atoms with E-state index in [2.05, 4.69) is 17.3 Å². The molecule has 0 aromatic rings. The van der Waals surface area contributed by atoms with Gasteiger partial charge in [-0.15, -0.1) is 0 Å². The monoisotopic (exact) mass is 154 g/mol. The van der Waals surface area contributed by atoms with Crippen LogP contribution >= 0.6 is 0 Å². The fraction of sp³-hybridized carbons (Fsp3) is 1.00. The molecule has 2 rings (SSSR count). The Kier molecular flexibility index (Phi) is 2.14. The van der Waals surface area contributed by atoms with E-state index < -0.39 is 0 Å². The largest absolute Gasteiger partial charge is 0.315 e. The average Bonchev–Trinajstić information content (AvgIpc) is 2.25. The molecule has 0 spiro atoms. The van der Waals surface area contributed by atoms with Gasteiger partial charge in [-0.05, 0) is 45.3 Å². The maximum atomic E-state index is 3.51. The second-order valence-electron chi connectivity index (χ2n) is 3.94. The van der Waals surface area contributed by atoms with Crippen LogP contribution in [-0.4, -0.2) is 37.6 Å². The van der Waals surface area contributed by atoms with Crippen molar-refractivity contribution in [1.29, 1.82) is 0 Å². The van der Waals surface area contributed by atoms with Gasteiger partial charge >= 0.3 is 0 Å². The maximum absolute atomic E-state index is 3.51. The van der Waals surface area contributed by atoms with Crippen LogP contribution in [0.15, 0.2) is 0 Å². The number of nitrogens with zero attached hydrogens (tertiary/aromatic N) is 1. The van der Waals surface area contributed by atoms with Gasteiger partial charge in [0.05, 0.1) is 0 Å². The molecular weight excluding hydrogens is 136 g/mol. The zero-order valence-electron chi connectivity index (χ0n) is 7.34. The molecule has 2 nitrogen and oxygen atoms in total. The summed E-state index contributed by atoms with van der Waals surface area (Å²) in [4.78, 5) is 2.52. The number of rotatable bonds is 0. The van der Waals surface area contributed by atoms with Crippen molar-refractivity contribution in [2.24, 2.45) is 5.92 Å². The quantitative estimate of drug-likeness (QED) is 0.552. The molecule has 0 aromatic carbocycles. The molecule has 2 aliphatic heterocycles. The lowest BCUT2D eigenvalue weighted by Gasteiger charge is -2.22. The lowest BCUT2D eigenvalue weighted by atomic mass is 9.96. The molecule has 2 saturated heterocycles. The Labute approximate surface area is 69.0 Å². The summed E-state index contributed by atoms with van der Waals surface area (Å²) in [6.07, 6.45) is 4.26. The van der Waals surface area contributed by atoms with Gasteiger partial charge < -0.3 is 10.2 Å². The predicted octanol–water partition coefficient (Wildman–Crippen LogP) is 0.690. The highest BCUT2D eigenvalue weighted by atomic mass is 15.2. The summed E-state index contributed by atoms with van der Waals surface area (Å²) in [5.41, 5.74) is 0. The van der Waals surface area contributed by atoms with Crippen LogP contribution in [0.1, 0.15) is 19.3 Å². The molecule has 11 heavy (non-hydrogen) atoms. The SMILES string of the molecule is CN1CC[C@@H]2CCCNC[C@H]21. The first kappa shape index (κ1) is 7.56. The summed E-state index contributed by atoms with van der Waals surface area (Å²) in [7, 11) is 2.26. The normalized spacial score (nSPS) is 40.1. The van der Waals surface area contributed by atoms with Crippen LogP contribution < -0.4 is 5.32 Å². The highest BCUT2D eigenvalue weighted by molar-refractivity contribution is 4.88. The van der Waals surface area contributed by atoms with Gasteiger partial charge in [-0.3, -0.25) is 0 Å². The number of hydrogen-bond donors (Lipinski definition) is 1. The molecule has 0 radical (unpaired) electrons.